The molecule has 3 heterocycles. The maximum atomic E-state index is 12.7. The molecular weight excluding hydrogens is 360 g/mol. The Balaban J connectivity index is 1.37. The van der Waals surface area contributed by atoms with Crippen molar-refractivity contribution >= 4 is 11.8 Å². The molecule has 1 atom stereocenters. The second kappa shape index (κ2) is 8.37. The van der Waals surface area contributed by atoms with Crippen LogP contribution in [0, 0.1) is 0 Å². The van der Waals surface area contributed by atoms with Gasteiger partial charge in [0.25, 0.3) is 5.91 Å². The number of likely N-dealkylation sites (tertiary alicyclic amines) is 1. The fraction of sp³-hybridized carbons (Fsp3) is 0.429. The first-order chi connectivity index (χ1) is 13.7. The van der Waals surface area contributed by atoms with Gasteiger partial charge in [-0.1, -0.05) is 6.07 Å². The molecule has 0 radical (unpaired) electrons. The Morgan fingerprint density at radius 2 is 1.96 bits per heavy atom. The minimum absolute atomic E-state index is 0.0328. The fourth-order valence-corrected chi connectivity index (χ4v) is 3.72. The molecule has 2 amide bonds. The SMILES string of the molecule is O=C(NCCC(=O)N1CCC[C@H]1c1ccc2c(c1)OCCCO2)c1ccco1. The molecule has 1 saturated heterocycles. The summed E-state index contributed by atoms with van der Waals surface area (Å²) in [5.74, 6) is 1.49. The van der Waals surface area contributed by atoms with Crippen molar-refractivity contribution in [3.05, 3.63) is 47.9 Å². The average Bonchev–Trinajstić information content (AvgIpc) is 3.36. The molecule has 7 heteroatoms. The Bertz CT molecular complexity index is 833. The van der Waals surface area contributed by atoms with Gasteiger partial charge in [0.15, 0.2) is 17.3 Å². The zero-order valence-electron chi connectivity index (χ0n) is 15.7. The van der Waals surface area contributed by atoms with E-state index >= 15 is 0 Å². The summed E-state index contributed by atoms with van der Waals surface area (Å²) in [6.07, 6.45) is 4.45. The van der Waals surface area contributed by atoms with Crippen molar-refractivity contribution in [2.75, 3.05) is 26.3 Å². The summed E-state index contributed by atoms with van der Waals surface area (Å²) in [6, 6.07) is 9.23. The van der Waals surface area contributed by atoms with Gasteiger partial charge in [0, 0.05) is 25.9 Å². The van der Waals surface area contributed by atoms with Gasteiger partial charge < -0.3 is 24.1 Å². The lowest BCUT2D eigenvalue weighted by atomic mass is 10.0. The van der Waals surface area contributed by atoms with E-state index in [9.17, 15) is 9.59 Å². The van der Waals surface area contributed by atoms with E-state index in [4.69, 9.17) is 13.9 Å². The van der Waals surface area contributed by atoms with E-state index < -0.39 is 0 Å². The van der Waals surface area contributed by atoms with Crippen LogP contribution in [-0.2, 0) is 4.79 Å². The van der Waals surface area contributed by atoms with Crippen molar-refractivity contribution in [2.24, 2.45) is 0 Å². The molecule has 0 unspecified atom stereocenters. The van der Waals surface area contributed by atoms with Crippen molar-refractivity contribution in [3.8, 4) is 11.5 Å². The highest BCUT2D eigenvalue weighted by molar-refractivity contribution is 5.91. The minimum Gasteiger partial charge on any atom is -0.490 e. The van der Waals surface area contributed by atoms with Crippen molar-refractivity contribution in [1.29, 1.82) is 0 Å². The van der Waals surface area contributed by atoms with Crippen LogP contribution in [0.3, 0.4) is 0 Å². The van der Waals surface area contributed by atoms with E-state index in [0.717, 1.165) is 42.9 Å². The number of hydrogen-bond acceptors (Lipinski definition) is 5. The van der Waals surface area contributed by atoms with Crippen LogP contribution in [-0.4, -0.2) is 43.0 Å². The number of hydrogen-bond donors (Lipinski definition) is 1. The van der Waals surface area contributed by atoms with Gasteiger partial charge in [-0.05, 0) is 42.7 Å². The Hall–Kier alpha value is -2.96. The van der Waals surface area contributed by atoms with Crippen LogP contribution in [0.25, 0.3) is 0 Å². The number of furan rings is 1. The summed E-state index contributed by atoms with van der Waals surface area (Å²) in [5.41, 5.74) is 1.06. The zero-order chi connectivity index (χ0) is 19.3. The Kier molecular flexibility index (Phi) is 5.50. The number of nitrogens with zero attached hydrogens (tertiary/aromatic N) is 1. The van der Waals surface area contributed by atoms with Crippen LogP contribution in [0.15, 0.2) is 41.0 Å². The first-order valence-corrected chi connectivity index (χ1v) is 9.73. The van der Waals surface area contributed by atoms with E-state index in [1.165, 1.54) is 6.26 Å². The highest BCUT2D eigenvalue weighted by atomic mass is 16.5. The lowest BCUT2D eigenvalue weighted by Gasteiger charge is -2.26. The third-order valence-corrected chi connectivity index (χ3v) is 5.10. The molecule has 148 valence electrons. The zero-order valence-corrected chi connectivity index (χ0v) is 15.7. The van der Waals surface area contributed by atoms with E-state index in [0.29, 0.717) is 13.2 Å². The molecule has 0 saturated carbocycles. The quantitative estimate of drug-likeness (QED) is 0.857. The maximum Gasteiger partial charge on any atom is 0.286 e. The van der Waals surface area contributed by atoms with Gasteiger partial charge >= 0.3 is 0 Å². The Morgan fingerprint density at radius 3 is 2.79 bits per heavy atom. The predicted molar refractivity (Wildman–Crippen MR) is 101 cm³/mol. The molecule has 2 aliphatic heterocycles. The van der Waals surface area contributed by atoms with Gasteiger partial charge in [0.05, 0.1) is 25.5 Å². The highest BCUT2D eigenvalue weighted by Gasteiger charge is 2.30. The molecule has 0 aliphatic carbocycles. The molecule has 28 heavy (non-hydrogen) atoms. The molecule has 2 aliphatic rings. The van der Waals surface area contributed by atoms with Crippen LogP contribution < -0.4 is 14.8 Å². The molecule has 0 spiro atoms. The van der Waals surface area contributed by atoms with Gasteiger partial charge in [0.1, 0.15) is 0 Å². The number of fused-ring (bicyclic) bond motifs is 1. The lowest BCUT2D eigenvalue weighted by molar-refractivity contribution is -0.132. The lowest BCUT2D eigenvalue weighted by Crippen LogP contribution is -2.34. The third kappa shape index (κ3) is 3.98. The van der Waals surface area contributed by atoms with Gasteiger partial charge in [0.2, 0.25) is 5.91 Å². The van der Waals surface area contributed by atoms with Crippen LogP contribution in [0.4, 0.5) is 0 Å². The summed E-state index contributed by atoms with van der Waals surface area (Å²) >= 11 is 0. The largest absolute Gasteiger partial charge is 0.490 e. The monoisotopic (exact) mass is 384 g/mol. The highest BCUT2D eigenvalue weighted by Crippen LogP contribution is 2.38. The van der Waals surface area contributed by atoms with Crippen LogP contribution in [0.2, 0.25) is 0 Å². The van der Waals surface area contributed by atoms with Crippen LogP contribution in [0.1, 0.15) is 47.8 Å². The number of amides is 2. The number of carbonyl (C=O) groups excluding carboxylic acids is 2. The minimum atomic E-state index is -0.307. The second-order valence-electron chi connectivity index (χ2n) is 6.99. The molecule has 1 N–H and O–H groups in total. The number of rotatable bonds is 5. The summed E-state index contributed by atoms with van der Waals surface area (Å²) < 4.78 is 16.5. The predicted octanol–water partition coefficient (Wildman–Crippen LogP) is 2.92. The number of ether oxygens (including phenoxy) is 2. The Morgan fingerprint density at radius 1 is 1.11 bits per heavy atom. The third-order valence-electron chi connectivity index (χ3n) is 5.10. The van der Waals surface area contributed by atoms with Crippen molar-refractivity contribution in [1.82, 2.24) is 10.2 Å². The number of benzene rings is 1. The van der Waals surface area contributed by atoms with E-state index in [2.05, 4.69) is 5.32 Å². The van der Waals surface area contributed by atoms with Crippen LogP contribution >= 0.6 is 0 Å². The second-order valence-corrected chi connectivity index (χ2v) is 6.99. The van der Waals surface area contributed by atoms with Gasteiger partial charge in [-0.25, -0.2) is 0 Å². The molecular formula is C21H24N2O5. The van der Waals surface area contributed by atoms with Gasteiger partial charge in [-0.3, -0.25) is 9.59 Å². The van der Waals surface area contributed by atoms with Crippen molar-refractivity contribution in [3.63, 3.8) is 0 Å². The molecule has 7 nitrogen and oxygen atoms in total. The maximum absolute atomic E-state index is 12.7. The molecule has 4 rings (SSSR count). The van der Waals surface area contributed by atoms with E-state index in [1.807, 2.05) is 23.1 Å². The van der Waals surface area contributed by atoms with Crippen molar-refractivity contribution < 1.29 is 23.5 Å². The van der Waals surface area contributed by atoms with E-state index in [-0.39, 0.29) is 36.6 Å². The molecule has 0 bridgehead atoms. The number of carbonyl (C=O) groups is 2. The smallest absolute Gasteiger partial charge is 0.286 e. The summed E-state index contributed by atoms with van der Waals surface area (Å²) in [7, 11) is 0. The summed E-state index contributed by atoms with van der Waals surface area (Å²) in [6.45, 7) is 2.30. The first kappa shape index (κ1) is 18.4. The normalized spacial score (nSPS) is 18.6. The van der Waals surface area contributed by atoms with Crippen molar-refractivity contribution in [2.45, 2.75) is 31.7 Å². The fourth-order valence-electron chi connectivity index (χ4n) is 3.72. The standard InChI is InChI=1S/C21H24N2O5/c24-20(8-9-22-21(25)18-5-2-11-27-18)23-10-1-4-16(23)15-6-7-17-19(14-15)28-13-3-12-26-17/h2,5-7,11,14,16H,1,3-4,8-10,12-13H2,(H,22,25)/t16-/m0/s1. The molecule has 1 aromatic heterocycles. The van der Waals surface area contributed by atoms with Crippen LogP contribution in [0.5, 0.6) is 11.5 Å². The summed E-state index contributed by atoms with van der Waals surface area (Å²) in [5, 5.41) is 2.73. The van der Waals surface area contributed by atoms with E-state index in [1.54, 1.807) is 12.1 Å². The average molecular weight is 384 g/mol. The Labute approximate surface area is 163 Å². The topological polar surface area (TPSA) is 81.0 Å². The van der Waals surface area contributed by atoms with Gasteiger partial charge in [-0.15, -0.1) is 0 Å². The molecule has 2 aromatic rings. The summed E-state index contributed by atoms with van der Waals surface area (Å²) in [4.78, 5) is 26.5. The molecule has 1 aromatic carbocycles. The van der Waals surface area contributed by atoms with Gasteiger partial charge in [-0.2, -0.15) is 0 Å². The first-order valence-electron chi connectivity index (χ1n) is 9.73. The molecule has 1 fully saturated rings. The number of nitrogens with one attached hydrogen (secondary N) is 1.